The van der Waals surface area contributed by atoms with Crippen LogP contribution in [0.25, 0.3) is 0 Å². The number of likely N-dealkylation sites (tertiary alicyclic amines) is 1. The lowest BCUT2D eigenvalue weighted by atomic mass is 10.1. The van der Waals surface area contributed by atoms with Crippen molar-refractivity contribution in [1.29, 1.82) is 0 Å². The third-order valence-corrected chi connectivity index (χ3v) is 5.83. The van der Waals surface area contributed by atoms with E-state index in [0.29, 0.717) is 13.2 Å². The molecule has 3 aromatic rings. The molecule has 170 valence electrons. The first kappa shape index (κ1) is 23.1. The number of carbonyl (C=O) groups is 1. The second kappa shape index (κ2) is 12.3. The molecule has 1 aliphatic rings. The second-order valence-electron chi connectivity index (χ2n) is 8.44. The summed E-state index contributed by atoms with van der Waals surface area (Å²) in [4.78, 5) is 14.8. The average Bonchev–Trinajstić information content (AvgIpc) is 3.25. The number of ketones is 1. The van der Waals surface area contributed by atoms with Crippen LogP contribution in [0.3, 0.4) is 0 Å². The van der Waals surface area contributed by atoms with Gasteiger partial charge in [0, 0.05) is 19.1 Å². The Morgan fingerprint density at radius 3 is 2.03 bits per heavy atom. The number of hydrogen-bond donors (Lipinski definition) is 0. The number of carbonyl (C=O) groups excluding carboxylic acids is 1. The summed E-state index contributed by atoms with van der Waals surface area (Å²) in [6, 6.07) is 30.8. The Kier molecular flexibility index (Phi) is 8.59. The molecule has 0 radical (unpaired) electrons. The molecular formula is C29H31NO3. The first-order valence-corrected chi connectivity index (χ1v) is 11.5. The Balaban J connectivity index is 1.32. The largest absolute Gasteiger partial charge is 0.372 e. The maximum atomic E-state index is 12.4. The van der Waals surface area contributed by atoms with Gasteiger partial charge in [-0.25, -0.2) is 0 Å². The minimum absolute atomic E-state index is 0.0146. The van der Waals surface area contributed by atoms with Crippen LogP contribution in [0.15, 0.2) is 103 Å². The van der Waals surface area contributed by atoms with Gasteiger partial charge < -0.3 is 9.47 Å². The van der Waals surface area contributed by atoms with Crippen LogP contribution < -0.4 is 0 Å². The lowest BCUT2D eigenvalue weighted by Gasteiger charge is -2.21. The molecule has 1 saturated heterocycles. The highest BCUT2D eigenvalue weighted by molar-refractivity contribution is 5.90. The van der Waals surface area contributed by atoms with E-state index in [1.165, 1.54) is 11.1 Å². The highest BCUT2D eigenvalue weighted by Crippen LogP contribution is 2.24. The minimum Gasteiger partial charge on any atom is -0.372 e. The third kappa shape index (κ3) is 7.50. The Morgan fingerprint density at radius 2 is 1.39 bits per heavy atom. The SMILES string of the molecule is O=C(/C=C/[C@@H]1C[C@@H](OCc2ccccc2)CN1Cc1ccccc1)COCc1ccccc1. The van der Waals surface area contributed by atoms with Gasteiger partial charge in [0.15, 0.2) is 5.78 Å². The van der Waals surface area contributed by atoms with E-state index < -0.39 is 0 Å². The van der Waals surface area contributed by atoms with Gasteiger partial charge in [-0.3, -0.25) is 9.69 Å². The predicted molar refractivity (Wildman–Crippen MR) is 131 cm³/mol. The van der Waals surface area contributed by atoms with E-state index in [-0.39, 0.29) is 24.5 Å². The van der Waals surface area contributed by atoms with Crippen molar-refractivity contribution in [2.75, 3.05) is 13.2 Å². The number of ether oxygens (including phenoxy) is 2. The van der Waals surface area contributed by atoms with Crippen molar-refractivity contribution in [2.45, 2.75) is 38.3 Å². The topological polar surface area (TPSA) is 38.8 Å². The van der Waals surface area contributed by atoms with Crippen LogP contribution in [0.5, 0.6) is 0 Å². The lowest BCUT2D eigenvalue weighted by Crippen LogP contribution is -2.28. The van der Waals surface area contributed by atoms with Gasteiger partial charge in [0.2, 0.25) is 0 Å². The zero-order valence-electron chi connectivity index (χ0n) is 18.9. The summed E-state index contributed by atoms with van der Waals surface area (Å²) in [7, 11) is 0. The quantitative estimate of drug-likeness (QED) is 0.384. The normalized spacial score (nSPS) is 18.7. The molecule has 0 unspecified atom stereocenters. The highest BCUT2D eigenvalue weighted by Gasteiger charge is 2.31. The number of rotatable bonds is 11. The molecule has 1 aliphatic heterocycles. The van der Waals surface area contributed by atoms with E-state index in [4.69, 9.17) is 9.47 Å². The van der Waals surface area contributed by atoms with Gasteiger partial charge >= 0.3 is 0 Å². The third-order valence-electron chi connectivity index (χ3n) is 5.83. The number of benzene rings is 3. The smallest absolute Gasteiger partial charge is 0.181 e. The molecule has 0 amide bonds. The van der Waals surface area contributed by atoms with Gasteiger partial charge in [-0.15, -0.1) is 0 Å². The standard InChI is InChI=1S/C29H31NO3/c31-28(23-32-21-25-12-6-2-7-13-25)17-16-27-18-29(33-22-26-14-8-3-9-15-26)20-30(27)19-24-10-4-1-5-11-24/h1-17,27,29H,18-23H2/b17-16+/t27-,29-/m1/s1. The fourth-order valence-electron chi connectivity index (χ4n) is 4.11. The summed E-state index contributed by atoms with van der Waals surface area (Å²) in [5.41, 5.74) is 3.51. The summed E-state index contributed by atoms with van der Waals surface area (Å²) in [5, 5.41) is 0. The minimum atomic E-state index is -0.0146. The van der Waals surface area contributed by atoms with E-state index in [2.05, 4.69) is 41.3 Å². The molecule has 33 heavy (non-hydrogen) atoms. The maximum absolute atomic E-state index is 12.4. The molecule has 1 heterocycles. The number of nitrogens with zero attached hydrogens (tertiary/aromatic N) is 1. The van der Waals surface area contributed by atoms with Gasteiger partial charge in [0.05, 0.1) is 19.3 Å². The van der Waals surface area contributed by atoms with Crippen LogP contribution in [-0.4, -0.2) is 36.0 Å². The molecule has 0 aliphatic carbocycles. The van der Waals surface area contributed by atoms with Gasteiger partial charge in [0.1, 0.15) is 6.61 Å². The van der Waals surface area contributed by atoms with E-state index in [0.717, 1.165) is 25.1 Å². The first-order valence-electron chi connectivity index (χ1n) is 11.5. The fraction of sp³-hybridized carbons (Fsp3) is 0.276. The van der Waals surface area contributed by atoms with Gasteiger partial charge in [0.25, 0.3) is 0 Å². The summed E-state index contributed by atoms with van der Waals surface area (Å²) in [5.74, 6) is -0.0146. The average molecular weight is 442 g/mol. The predicted octanol–water partition coefficient (Wildman–Crippen LogP) is 5.19. The van der Waals surface area contributed by atoms with E-state index in [1.54, 1.807) is 6.08 Å². The summed E-state index contributed by atoms with van der Waals surface area (Å²) < 4.78 is 11.8. The van der Waals surface area contributed by atoms with Crippen LogP contribution in [0.1, 0.15) is 23.1 Å². The van der Waals surface area contributed by atoms with Crippen LogP contribution in [0, 0.1) is 0 Å². The lowest BCUT2D eigenvalue weighted by molar-refractivity contribution is -0.119. The van der Waals surface area contributed by atoms with Crippen LogP contribution in [-0.2, 0) is 34.0 Å². The number of hydrogen-bond acceptors (Lipinski definition) is 4. The summed E-state index contributed by atoms with van der Waals surface area (Å²) >= 11 is 0. The molecule has 0 spiro atoms. The second-order valence-corrected chi connectivity index (χ2v) is 8.44. The Labute approximate surface area is 196 Å². The molecule has 1 fully saturated rings. The zero-order valence-corrected chi connectivity index (χ0v) is 18.9. The first-order chi connectivity index (χ1) is 16.3. The van der Waals surface area contributed by atoms with Crippen molar-refractivity contribution in [3.8, 4) is 0 Å². The Bertz CT molecular complexity index is 1000. The highest BCUT2D eigenvalue weighted by atomic mass is 16.5. The monoisotopic (exact) mass is 441 g/mol. The molecule has 4 rings (SSSR count). The molecule has 0 saturated carbocycles. The van der Waals surface area contributed by atoms with Gasteiger partial charge in [-0.05, 0) is 29.2 Å². The molecule has 0 aromatic heterocycles. The van der Waals surface area contributed by atoms with Crippen molar-refractivity contribution in [3.05, 3.63) is 120 Å². The molecule has 2 atom stereocenters. The fourth-order valence-corrected chi connectivity index (χ4v) is 4.11. The molecular weight excluding hydrogens is 410 g/mol. The van der Waals surface area contributed by atoms with Crippen LogP contribution >= 0.6 is 0 Å². The van der Waals surface area contributed by atoms with Crippen molar-refractivity contribution >= 4 is 5.78 Å². The van der Waals surface area contributed by atoms with Crippen LogP contribution in [0.2, 0.25) is 0 Å². The summed E-state index contributed by atoms with van der Waals surface area (Å²) in [6.45, 7) is 2.81. The van der Waals surface area contributed by atoms with E-state index >= 15 is 0 Å². The van der Waals surface area contributed by atoms with E-state index in [9.17, 15) is 4.79 Å². The molecule has 0 N–H and O–H groups in total. The summed E-state index contributed by atoms with van der Waals surface area (Å²) in [6.07, 6.45) is 4.69. The molecule has 4 heteroatoms. The molecule has 3 aromatic carbocycles. The Morgan fingerprint density at radius 1 is 0.818 bits per heavy atom. The van der Waals surface area contributed by atoms with Gasteiger partial charge in [-0.2, -0.15) is 0 Å². The van der Waals surface area contributed by atoms with Crippen molar-refractivity contribution in [2.24, 2.45) is 0 Å². The Hall–Kier alpha value is -3.05. The zero-order chi connectivity index (χ0) is 22.7. The maximum Gasteiger partial charge on any atom is 0.181 e. The van der Waals surface area contributed by atoms with Crippen molar-refractivity contribution in [1.82, 2.24) is 4.90 Å². The molecule has 4 nitrogen and oxygen atoms in total. The van der Waals surface area contributed by atoms with Crippen molar-refractivity contribution < 1.29 is 14.3 Å². The molecule has 0 bridgehead atoms. The van der Waals surface area contributed by atoms with Crippen LogP contribution in [0.4, 0.5) is 0 Å². The van der Waals surface area contributed by atoms with Crippen molar-refractivity contribution in [3.63, 3.8) is 0 Å². The van der Waals surface area contributed by atoms with E-state index in [1.807, 2.05) is 60.7 Å². The van der Waals surface area contributed by atoms with Gasteiger partial charge in [-0.1, -0.05) is 97.1 Å².